The van der Waals surface area contributed by atoms with Gasteiger partial charge in [0, 0.05) is 68.3 Å². The van der Waals surface area contributed by atoms with Crippen molar-refractivity contribution in [1.82, 2.24) is 24.9 Å². The zero-order valence-corrected chi connectivity index (χ0v) is 26.3. The van der Waals surface area contributed by atoms with Crippen LogP contribution in [0.15, 0.2) is 11.8 Å². The predicted octanol–water partition coefficient (Wildman–Crippen LogP) is 2.49. The standard InChI is InChI=1S/C32H47F2N5O6/c1-18(40)35-14-22-16-39(32(44)45-22)20-8-9-27(25(33)11-20)36(2)21-5-3-4-10-37(15-21)29-13-28-23(12-26(29)34)30(41)24(31(42)43)17-38(28)19-6-7-19/h17,19-23,25-29H,3-16H2,1-2H3,(H,35,40)(H,42,43)/t20?,21?,22-,23?,25?,26?,27?,28?,29?/m0/s1. The number of aliphatic carboxylic acids is 1. The minimum atomic E-state index is -1.24. The van der Waals surface area contributed by atoms with E-state index in [0.29, 0.717) is 32.4 Å². The maximum atomic E-state index is 15.9. The van der Waals surface area contributed by atoms with Crippen LogP contribution in [0.5, 0.6) is 0 Å². The number of carboxylic acid groups (broad SMARTS) is 1. The molecule has 2 saturated heterocycles. The van der Waals surface area contributed by atoms with Crippen molar-refractivity contribution in [3.05, 3.63) is 11.8 Å². The number of cyclic esters (lactones) is 1. The van der Waals surface area contributed by atoms with E-state index in [1.807, 2.05) is 11.9 Å². The normalized spacial score (nSPS) is 38.0. The predicted molar refractivity (Wildman–Crippen MR) is 160 cm³/mol. The number of likely N-dealkylation sites (N-methyl/N-ethyl adjacent to an activating group) is 1. The monoisotopic (exact) mass is 635 g/mol. The average molecular weight is 636 g/mol. The summed E-state index contributed by atoms with van der Waals surface area (Å²) in [6.07, 6.45) is 4.87. The third-order valence-electron chi connectivity index (χ3n) is 11.2. The average Bonchev–Trinajstić information content (AvgIpc) is 3.81. The maximum Gasteiger partial charge on any atom is 0.410 e. The second-order valence-electron chi connectivity index (χ2n) is 14.1. The highest BCUT2D eigenvalue weighted by Crippen LogP contribution is 2.43. The summed E-state index contributed by atoms with van der Waals surface area (Å²) >= 11 is 0. The fourth-order valence-corrected chi connectivity index (χ4v) is 8.60. The molecule has 0 radical (unpaired) electrons. The van der Waals surface area contributed by atoms with E-state index in [9.17, 15) is 24.3 Å². The molecule has 45 heavy (non-hydrogen) atoms. The molecule has 9 atom stereocenters. The van der Waals surface area contributed by atoms with Crippen molar-refractivity contribution in [3.63, 3.8) is 0 Å². The van der Waals surface area contributed by atoms with E-state index in [0.717, 1.165) is 38.6 Å². The van der Waals surface area contributed by atoms with Crippen LogP contribution in [0.25, 0.3) is 0 Å². The molecule has 250 valence electrons. The van der Waals surface area contributed by atoms with Crippen molar-refractivity contribution in [2.75, 3.05) is 33.2 Å². The molecule has 8 unspecified atom stereocenters. The molecule has 3 heterocycles. The summed E-state index contributed by atoms with van der Waals surface area (Å²) in [5, 5.41) is 12.3. The third-order valence-corrected chi connectivity index (χ3v) is 11.2. The topological polar surface area (TPSA) is 123 Å². The molecule has 2 amide bonds. The molecule has 13 heteroatoms. The van der Waals surface area contributed by atoms with E-state index in [1.54, 1.807) is 4.90 Å². The Kier molecular flexibility index (Phi) is 9.38. The minimum Gasteiger partial charge on any atom is -0.478 e. The first-order valence-corrected chi connectivity index (χ1v) is 16.7. The highest BCUT2D eigenvalue weighted by Gasteiger charge is 2.51. The number of nitrogens with zero attached hydrogens (tertiary/aromatic N) is 4. The van der Waals surface area contributed by atoms with E-state index in [2.05, 4.69) is 15.1 Å². The largest absolute Gasteiger partial charge is 0.478 e. The smallest absolute Gasteiger partial charge is 0.410 e. The van der Waals surface area contributed by atoms with Gasteiger partial charge in [0.2, 0.25) is 5.91 Å². The van der Waals surface area contributed by atoms with Crippen molar-refractivity contribution in [2.45, 2.75) is 126 Å². The molecule has 6 aliphatic rings. The zero-order valence-electron chi connectivity index (χ0n) is 26.3. The Morgan fingerprint density at radius 3 is 2.44 bits per heavy atom. The molecule has 0 aromatic heterocycles. The van der Waals surface area contributed by atoms with Crippen molar-refractivity contribution in [3.8, 4) is 0 Å². The Morgan fingerprint density at radius 2 is 1.76 bits per heavy atom. The number of halogens is 2. The lowest BCUT2D eigenvalue weighted by atomic mass is 9.73. The number of hydrogen-bond acceptors (Lipinski definition) is 8. The number of alkyl halides is 2. The number of hydrogen-bond donors (Lipinski definition) is 2. The van der Waals surface area contributed by atoms with Gasteiger partial charge in [0.05, 0.1) is 13.1 Å². The van der Waals surface area contributed by atoms with Crippen LogP contribution in [0.3, 0.4) is 0 Å². The lowest BCUT2D eigenvalue weighted by Crippen LogP contribution is -2.60. The van der Waals surface area contributed by atoms with E-state index in [4.69, 9.17) is 4.74 Å². The Hall–Kier alpha value is -2.80. The fraction of sp³-hybridized carbons (Fsp3) is 0.812. The molecular formula is C32H47F2N5O6. The highest BCUT2D eigenvalue weighted by molar-refractivity contribution is 6.18. The first-order chi connectivity index (χ1) is 21.5. The molecule has 5 fully saturated rings. The fourth-order valence-electron chi connectivity index (χ4n) is 8.60. The SMILES string of the molecule is CC(=O)NC[C@H]1CN(C2CCC(N(C)C3CCCCN(C4CC5C(CC4F)C(=O)C(C(=O)O)=CN5C4CC4)C3)C(F)C2)C(=O)O1. The first-order valence-electron chi connectivity index (χ1n) is 16.7. The summed E-state index contributed by atoms with van der Waals surface area (Å²) in [5.41, 5.74) is -0.229. The van der Waals surface area contributed by atoms with Crippen molar-refractivity contribution in [1.29, 1.82) is 0 Å². The number of amides is 2. The molecule has 2 N–H and O–H groups in total. The van der Waals surface area contributed by atoms with Gasteiger partial charge >= 0.3 is 12.1 Å². The van der Waals surface area contributed by atoms with Gasteiger partial charge in [-0.15, -0.1) is 0 Å². The number of ketones is 1. The van der Waals surface area contributed by atoms with E-state index in [-0.39, 0.29) is 67.1 Å². The van der Waals surface area contributed by atoms with Gasteiger partial charge in [-0.1, -0.05) is 6.42 Å². The Bertz CT molecular complexity index is 1200. The second kappa shape index (κ2) is 13.1. The molecule has 3 saturated carbocycles. The van der Waals surface area contributed by atoms with E-state index in [1.165, 1.54) is 13.1 Å². The van der Waals surface area contributed by atoms with Gasteiger partial charge < -0.3 is 25.0 Å². The van der Waals surface area contributed by atoms with Gasteiger partial charge in [-0.05, 0) is 65.0 Å². The summed E-state index contributed by atoms with van der Waals surface area (Å²) in [5.74, 6) is -2.53. The number of Topliss-reactive ketones (excluding diaryl/α,β-unsaturated/α-hetero) is 1. The summed E-state index contributed by atoms with van der Waals surface area (Å²) in [4.78, 5) is 56.6. The number of carboxylic acids is 1. The molecule has 0 aromatic carbocycles. The van der Waals surface area contributed by atoms with Gasteiger partial charge in [-0.3, -0.25) is 19.4 Å². The van der Waals surface area contributed by atoms with Crippen LogP contribution in [0.2, 0.25) is 0 Å². The Labute approximate surface area is 263 Å². The molecule has 3 aliphatic heterocycles. The van der Waals surface area contributed by atoms with Gasteiger partial charge in [-0.25, -0.2) is 18.4 Å². The summed E-state index contributed by atoms with van der Waals surface area (Å²) in [6, 6.07) is -0.889. The van der Waals surface area contributed by atoms with Gasteiger partial charge in [0.25, 0.3) is 0 Å². The first kappa shape index (κ1) is 32.2. The Balaban J connectivity index is 1.08. The van der Waals surface area contributed by atoms with Crippen molar-refractivity contribution >= 4 is 23.8 Å². The third kappa shape index (κ3) is 6.70. The van der Waals surface area contributed by atoms with Crippen LogP contribution in [0, 0.1) is 5.92 Å². The minimum absolute atomic E-state index is 0.0280. The molecule has 0 bridgehead atoms. The van der Waals surface area contributed by atoms with Gasteiger partial charge in [0.15, 0.2) is 5.78 Å². The second-order valence-corrected chi connectivity index (χ2v) is 14.1. The number of ether oxygens (including phenoxy) is 1. The quantitative estimate of drug-likeness (QED) is 0.388. The Morgan fingerprint density at radius 1 is 1.00 bits per heavy atom. The van der Waals surface area contributed by atoms with Crippen LogP contribution in [0.4, 0.5) is 13.6 Å². The molecular weight excluding hydrogens is 588 g/mol. The highest BCUT2D eigenvalue weighted by atomic mass is 19.1. The zero-order chi connectivity index (χ0) is 32.0. The molecule has 11 nitrogen and oxygen atoms in total. The molecule has 0 aromatic rings. The lowest BCUT2D eigenvalue weighted by molar-refractivity contribution is -0.138. The lowest BCUT2D eigenvalue weighted by Gasteiger charge is -2.49. The van der Waals surface area contributed by atoms with E-state index >= 15 is 8.78 Å². The molecule has 6 rings (SSSR count). The van der Waals surface area contributed by atoms with Gasteiger partial charge in [-0.2, -0.15) is 0 Å². The molecule has 0 spiro atoms. The summed E-state index contributed by atoms with van der Waals surface area (Å²) < 4.78 is 37.2. The van der Waals surface area contributed by atoms with Crippen LogP contribution < -0.4 is 5.32 Å². The van der Waals surface area contributed by atoms with Crippen LogP contribution >= 0.6 is 0 Å². The summed E-state index contributed by atoms with van der Waals surface area (Å²) in [6.45, 7) is 3.33. The molecule has 3 aliphatic carbocycles. The number of rotatable bonds is 8. The maximum absolute atomic E-state index is 15.9. The van der Waals surface area contributed by atoms with Gasteiger partial charge in [0.1, 0.15) is 24.0 Å². The van der Waals surface area contributed by atoms with E-state index < -0.39 is 42.2 Å². The number of fused-ring (bicyclic) bond motifs is 1. The van der Waals surface area contributed by atoms with Crippen molar-refractivity contribution in [2.24, 2.45) is 5.92 Å². The number of carbonyl (C=O) groups is 4. The number of carbonyl (C=O) groups excluding carboxylic acids is 3. The van der Waals surface area contributed by atoms with Crippen LogP contribution in [0.1, 0.15) is 71.1 Å². The van der Waals surface area contributed by atoms with Crippen molar-refractivity contribution < 1.29 is 37.8 Å². The summed E-state index contributed by atoms with van der Waals surface area (Å²) in [7, 11) is 1.97. The van der Waals surface area contributed by atoms with Crippen LogP contribution in [-0.2, 0) is 19.1 Å². The van der Waals surface area contributed by atoms with Crippen LogP contribution in [-0.4, -0.2) is 136 Å². The number of likely N-dealkylation sites (tertiary alicyclic amines) is 1. The number of nitrogens with one attached hydrogen (secondary N) is 1.